The largest absolute Gasteiger partial charge is 0.466 e. The van der Waals surface area contributed by atoms with E-state index < -0.39 is 0 Å². The highest BCUT2D eigenvalue weighted by molar-refractivity contribution is 5.77. The molecule has 0 saturated carbocycles. The number of hydrogen-bond acceptors (Lipinski definition) is 3. The van der Waals surface area contributed by atoms with E-state index in [9.17, 15) is 4.79 Å². The van der Waals surface area contributed by atoms with Gasteiger partial charge in [0.25, 0.3) is 0 Å². The highest BCUT2D eigenvalue weighted by Crippen LogP contribution is 2.39. The number of carbonyl (C=O) groups excluding carboxylic acids is 1. The molecule has 3 heteroatoms. The van der Waals surface area contributed by atoms with Gasteiger partial charge in [-0.25, -0.2) is 0 Å². The minimum absolute atomic E-state index is 0.0457. The van der Waals surface area contributed by atoms with E-state index in [0.29, 0.717) is 6.61 Å². The lowest BCUT2D eigenvalue weighted by atomic mass is 9.73. The van der Waals surface area contributed by atoms with Crippen molar-refractivity contribution in [2.45, 2.75) is 32.6 Å². The fourth-order valence-electron chi connectivity index (χ4n) is 2.82. The van der Waals surface area contributed by atoms with Crippen LogP contribution in [0.2, 0.25) is 0 Å². The summed E-state index contributed by atoms with van der Waals surface area (Å²) in [5.74, 6) is 0.0457. The predicted molar refractivity (Wildman–Crippen MR) is 54.0 cm³/mol. The molecule has 0 spiro atoms. The molecule has 2 heterocycles. The predicted octanol–water partition coefficient (Wildman–Crippen LogP) is 1.43. The zero-order valence-corrected chi connectivity index (χ0v) is 8.92. The Kier molecular flexibility index (Phi) is 2.77. The molecule has 0 aromatic carbocycles. The quantitative estimate of drug-likeness (QED) is 0.627. The van der Waals surface area contributed by atoms with Crippen LogP contribution in [0.3, 0.4) is 0 Å². The number of nitrogens with zero attached hydrogens (tertiary/aromatic N) is 1. The fraction of sp³-hybridized carbons (Fsp3) is 0.909. The fourth-order valence-corrected chi connectivity index (χ4v) is 2.82. The molecule has 0 unspecified atom stereocenters. The van der Waals surface area contributed by atoms with Crippen molar-refractivity contribution < 1.29 is 9.53 Å². The first-order chi connectivity index (χ1) is 6.77. The molecule has 0 N–H and O–H groups in total. The number of hydrogen-bond donors (Lipinski definition) is 0. The molecule has 0 amide bonds. The number of ether oxygens (including phenoxy) is 1. The Hall–Kier alpha value is -0.570. The number of piperidine rings is 2. The second kappa shape index (κ2) is 3.89. The molecular weight excluding hydrogens is 178 g/mol. The summed E-state index contributed by atoms with van der Waals surface area (Å²) >= 11 is 0. The highest BCUT2D eigenvalue weighted by Gasteiger charge is 2.45. The van der Waals surface area contributed by atoms with Gasteiger partial charge >= 0.3 is 5.97 Å². The molecule has 14 heavy (non-hydrogen) atoms. The summed E-state index contributed by atoms with van der Waals surface area (Å²) in [5.41, 5.74) is -0.146. The molecule has 2 rings (SSSR count). The average Bonchev–Trinajstić information content (AvgIpc) is 2.18. The summed E-state index contributed by atoms with van der Waals surface area (Å²) in [6.07, 6.45) is 4.36. The Morgan fingerprint density at radius 1 is 1.36 bits per heavy atom. The third kappa shape index (κ3) is 1.65. The van der Waals surface area contributed by atoms with Crippen LogP contribution in [-0.2, 0) is 9.53 Å². The maximum atomic E-state index is 11.9. The van der Waals surface area contributed by atoms with Crippen LogP contribution in [0.25, 0.3) is 0 Å². The van der Waals surface area contributed by atoms with Crippen LogP contribution in [0, 0.1) is 5.41 Å². The molecule has 3 nitrogen and oxygen atoms in total. The molecule has 0 aromatic rings. The van der Waals surface area contributed by atoms with Crippen LogP contribution >= 0.6 is 0 Å². The number of fused-ring (bicyclic) bond motifs is 2. The lowest BCUT2D eigenvalue weighted by molar-refractivity contribution is -0.162. The van der Waals surface area contributed by atoms with Crippen LogP contribution in [-0.4, -0.2) is 37.1 Å². The van der Waals surface area contributed by atoms with Gasteiger partial charge in [0.1, 0.15) is 0 Å². The highest BCUT2D eigenvalue weighted by atomic mass is 16.5. The maximum Gasteiger partial charge on any atom is 0.313 e. The van der Waals surface area contributed by atoms with Gasteiger partial charge < -0.3 is 9.64 Å². The van der Waals surface area contributed by atoms with Gasteiger partial charge in [-0.05, 0) is 45.7 Å². The summed E-state index contributed by atoms with van der Waals surface area (Å²) in [7, 11) is 0. The summed E-state index contributed by atoms with van der Waals surface area (Å²) in [4.78, 5) is 14.3. The molecular formula is C11H19NO2. The van der Waals surface area contributed by atoms with Gasteiger partial charge in [0.15, 0.2) is 0 Å². The number of esters is 1. The van der Waals surface area contributed by atoms with E-state index in [1.165, 1.54) is 13.1 Å². The van der Waals surface area contributed by atoms with Gasteiger partial charge in [0.05, 0.1) is 12.0 Å². The third-order valence-corrected chi connectivity index (χ3v) is 3.49. The standard InChI is InChI=1S/C11H19NO2/c1-2-14-10(13)11-5-3-7-12(9-11)8-4-6-11/h2-9H2,1H3. The summed E-state index contributed by atoms with van der Waals surface area (Å²) < 4.78 is 5.19. The van der Waals surface area contributed by atoms with E-state index >= 15 is 0 Å². The SMILES string of the molecule is CCOC(=O)C12CCCN(CCC1)C2. The van der Waals surface area contributed by atoms with E-state index in [4.69, 9.17) is 4.74 Å². The summed E-state index contributed by atoms with van der Waals surface area (Å²) in [5, 5.41) is 0. The molecule has 0 radical (unpaired) electrons. The molecule has 2 bridgehead atoms. The molecule has 2 fully saturated rings. The van der Waals surface area contributed by atoms with Crippen LogP contribution in [0.15, 0.2) is 0 Å². The second-order valence-corrected chi connectivity index (χ2v) is 4.48. The normalized spacial score (nSPS) is 36.5. The molecule has 2 aliphatic rings. The van der Waals surface area contributed by atoms with Crippen LogP contribution < -0.4 is 0 Å². The minimum atomic E-state index is -0.146. The Labute approximate surface area is 85.4 Å². The van der Waals surface area contributed by atoms with E-state index in [1.54, 1.807) is 0 Å². The first kappa shape index (κ1) is 9.97. The Balaban J connectivity index is 2.08. The topological polar surface area (TPSA) is 29.5 Å². The lowest BCUT2D eigenvalue weighted by Crippen LogP contribution is -2.52. The van der Waals surface area contributed by atoms with Crippen molar-refractivity contribution in [1.82, 2.24) is 4.90 Å². The van der Waals surface area contributed by atoms with Gasteiger partial charge in [0.2, 0.25) is 0 Å². The van der Waals surface area contributed by atoms with E-state index in [-0.39, 0.29) is 11.4 Å². The van der Waals surface area contributed by atoms with Crippen molar-refractivity contribution >= 4 is 5.97 Å². The van der Waals surface area contributed by atoms with Gasteiger partial charge in [0, 0.05) is 6.54 Å². The Bertz CT molecular complexity index is 217. The second-order valence-electron chi connectivity index (χ2n) is 4.48. The Morgan fingerprint density at radius 2 is 2.00 bits per heavy atom. The van der Waals surface area contributed by atoms with Crippen molar-refractivity contribution in [2.75, 3.05) is 26.2 Å². The first-order valence-corrected chi connectivity index (χ1v) is 5.66. The van der Waals surface area contributed by atoms with Gasteiger partial charge in [-0.3, -0.25) is 4.79 Å². The zero-order chi connectivity index (χ0) is 10.0. The van der Waals surface area contributed by atoms with Crippen molar-refractivity contribution in [3.63, 3.8) is 0 Å². The summed E-state index contributed by atoms with van der Waals surface area (Å²) in [6, 6.07) is 0. The molecule has 2 aliphatic heterocycles. The van der Waals surface area contributed by atoms with Crippen LogP contribution in [0.4, 0.5) is 0 Å². The maximum absolute atomic E-state index is 11.9. The van der Waals surface area contributed by atoms with Crippen molar-refractivity contribution in [1.29, 1.82) is 0 Å². The first-order valence-electron chi connectivity index (χ1n) is 5.66. The molecule has 0 atom stereocenters. The van der Waals surface area contributed by atoms with Crippen molar-refractivity contribution in [2.24, 2.45) is 5.41 Å². The molecule has 0 aromatic heterocycles. The zero-order valence-electron chi connectivity index (χ0n) is 8.92. The Morgan fingerprint density at radius 3 is 2.57 bits per heavy atom. The van der Waals surface area contributed by atoms with E-state index in [0.717, 1.165) is 32.2 Å². The summed E-state index contributed by atoms with van der Waals surface area (Å²) in [6.45, 7) is 5.67. The van der Waals surface area contributed by atoms with Gasteiger partial charge in [-0.15, -0.1) is 0 Å². The van der Waals surface area contributed by atoms with Crippen LogP contribution in [0.1, 0.15) is 32.6 Å². The molecule has 80 valence electrons. The monoisotopic (exact) mass is 197 g/mol. The van der Waals surface area contributed by atoms with Crippen LogP contribution in [0.5, 0.6) is 0 Å². The van der Waals surface area contributed by atoms with E-state index in [1.807, 2.05) is 6.92 Å². The minimum Gasteiger partial charge on any atom is -0.466 e. The average molecular weight is 197 g/mol. The smallest absolute Gasteiger partial charge is 0.313 e. The third-order valence-electron chi connectivity index (χ3n) is 3.49. The van der Waals surface area contributed by atoms with Gasteiger partial charge in [-0.2, -0.15) is 0 Å². The van der Waals surface area contributed by atoms with E-state index in [2.05, 4.69) is 4.90 Å². The lowest BCUT2D eigenvalue weighted by Gasteiger charge is -2.45. The molecule has 2 saturated heterocycles. The van der Waals surface area contributed by atoms with Crippen molar-refractivity contribution in [3.05, 3.63) is 0 Å². The number of rotatable bonds is 2. The van der Waals surface area contributed by atoms with Crippen molar-refractivity contribution in [3.8, 4) is 0 Å². The van der Waals surface area contributed by atoms with Gasteiger partial charge in [-0.1, -0.05) is 0 Å². The molecule has 0 aliphatic carbocycles. The number of carbonyl (C=O) groups is 1.